The quantitative estimate of drug-likeness (QED) is 0.506. The lowest BCUT2D eigenvalue weighted by Crippen LogP contribution is -2.56. The van der Waals surface area contributed by atoms with Crippen LogP contribution in [0.1, 0.15) is 52.2 Å². The summed E-state index contributed by atoms with van der Waals surface area (Å²) in [6.07, 6.45) is -0.108. The van der Waals surface area contributed by atoms with Crippen molar-refractivity contribution in [3.8, 4) is 5.75 Å². The molecular weight excluding hydrogens is 516 g/mol. The van der Waals surface area contributed by atoms with Crippen LogP contribution in [0, 0.1) is 17.5 Å². The fourth-order valence-corrected chi connectivity index (χ4v) is 5.31. The van der Waals surface area contributed by atoms with Crippen LogP contribution in [0.4, 0.5) is 17.6 Å². The molecule has 3 aliphatic heterocycles. The molecular formula is C24H22F4N4O6. The Morgan fingerprint density at radius 2 is 1.95 bits per heavy atom. The summed E-state index contributed by atoms with van der Waals surface area (Å²) in [5.41, 5.74) is -4.87. The van der Waals surface area contributed by atoms with Gasteiger partial charge in [-0.1, -0.05) is 5.16 Å². The number of fused-ring (bicyclic) bond motifs is 5. The van der Waals surface area contributed by atoms with Crippen molar-refractivity contribution in [2.24, 2.45) is 5.16 Å². The van der Waals surface area contributed by atoms with Crippen LogP contribution < -0.4 is 10.7 Å². The third-order valence-electron chi connectivity index (χ3n) is 7.45. The third kappa shape index (κ3) is 3.73. The molecule has 3 aliphatic rings. The smallest absolute Gasteiger partial charge is 0.274 e. The highest BCUT2D eigenvalue weighted by molar-refractivity contribution is 5.99. The molecule has 1 fully saturated rings. The molecule has 1 saturated heterocycles. The third-order valence-corrected chi connectivity index (χ3v) is 7.45. The van der Waals surface area contributed by atoms with Gasteiger partial charge in [0.05, 0.1) is 6.04 Å². The van der Waals surface area contributed by atoms with E-state index in [0.717, 1.165) is 10.8 Å². The molecule has 0 saturated carbocycles. The maximum atomic E-state index is 14.0. The molecule has 202 valence electrons. The van der Waals surface area contributed by atoms with E-state index in [0.29, 0.717) is 18.6 Å². The zero-order valence-electron chi connectivity index (χ0n) is 19.9. The van der Waals surface area contributed by atoms with Gasteiger partial charge in [-0.15, -0.1) is 0 Å². The molecule has 5 rings (SSSR count). The molecule has 4 heterocycles. The highest BCUT2D eigenvalue weighted by Crippen LogP contribution is 2.46. The molecule has 10 nitrogen and oxygen atoms in total. The number of rotatable bonds is 4. The lowest BCUT2D eigenvalue weighted by Gasteiger charge is -2.43. The molecule has 0 aliphatic carbocycles. The monoisotopic (exact) mass is 538 g/mol. The second kappa shape index (κ2) is 9.11. The highest BCUT2D eigenvalue weighted by atomic mass is 19.1. The Hall–Kier alpha value is -3.94. The second-order valence-corrected chi connectivity index (χ2v) is 9.53. The van der Waals surface area contributed by atoms with Crippen LogP contribution in [-0.2, 0) is 11.4 Å². The van der Waals surface area contributed by atoms with Gasteiger partial charge in [0.2, 0.25) is 5.43 Å². The molecule has 0 radical (unpaired) electrons. The number of aromatic hydroxyl groups is 1. The molecule has 1 aromatic heterocycles. The van der Waals surface area contributed by atoms with E-state index in [1.807, 2.05) is 0 Å². The Labute approximate surface area is 212 Å². The van der Waals surface area contributed by atoms with Crippen LogP contribution in [0.3, 0.4) is 0 Å². The van der Waals surface area contributed by atoms with Crippen molar-refractivity contribution in [3.63, 3.8) is 0 Å². The van der Waals surface area contributed by atoms with E-state index in [1.165, 1.54) is 4.90 Å². The summed E-state index contributed by atoms with van der Waals surface area (Å²) in [6.45, 7) is -0.201. The Bertz CT molecular complexity index is 1420. The average molecular weight is 538 g/mol. The number of pyridine rings is 1. The number of benzene rings is 1. The van der Waals surface area contributed by atoms with E-state index in [-0.39, 0.29) is 18.7 Å². The second-order valence-electron chi connectivity index (χ2n) is 9.53. The van der Waals surface area contributed by atoms with Crippen molar-refractivity contribution < 1.29 is 42.2 Å². The first-order valence-electron chi connectivity index (χ1n) is 11.7. The molecule has 14 heteroatoms. The van der Waals surface area contributed by atoms with E-state index < -0.39 is 94.3 Å². The van der Waals surface area contributed by atoms with Gasteiger partial charge >= 0.3 is 0 Å². The largest absolute Gasteiger partial charge is 0.503 e. The predicted molar refractivity (Wildman–Crippen MR) is 122 cm³/mol. The number of nitrogens with one attached hydrogen (secondary N) is 1. The Morgan fingerprint density at radius 1 is 1.26 bits per heavy atom. The molecule has 3 N–H and O–H groups in total. The van der Waals surface area contributed by atoms with E-state index in [4.69, 9.17) is 4.84 Å². The maximum absolute atomic E-state index is 14.0. The Kier molecular flexibility index (Phi) is 6.16. The standard InChI is InChI=1S/C24H22F4N4O6/c1-10-2-3-24(21(35)16(6-25)30-38-24)17-9-31(10)23(37)18-20(34)19(33)13(8-32(17)18)22(36)29-7-12-14(27)4-11(26)5-15(12)28/h4-5,8,10,17,21,34-35H,2-3,6-7,9H2,1H3,(H,29,36)/t10-,17+,21-,24+/m0/s1. The fraction of sp³-hybridized carbons (Fsp3) is 0.417. The van der Waals surface area contributed by atoms with E-state index >= 15 is 0 Å². The first kappa shape index (κ1) is 25.7. The van der Waals surface area contributed by atoms with Crippen molar-refractivity contribution in [2.45, 2.75) is 50.1 Å². The molecule has 2 bridgehead atoms. The summed E-state index contributed by atoms with van der Waals surface area (Å²) < 4.78 is 55.8. The molecule has 38 heavy (non-hydrogen) atoms. The number of aliphatic hydroxyl groups is 1. The molecule has 1 spiro atoms. The van der Waals surface area contributed by atoms with Crippen LogP contribution in [0.2, 0.25) is 0 Å². The maximum Gasteiger partial charge on any atom is 0.274 e. The Balaban J connectivity index is 1.57. The highest BCUT2D eigenvalue weighted by Gasteiger charge is 2.59. The van der Waals surface area contributed by atoms with Crippen molar-refractivity contribution >= 4 is 17.5 Å². The molecule has 1 aromatic carbocycles. The Morgan fingerprint density at radius 3 is 2.58 bits per heavy atom. The number of amides is 2. The summed E-state index contributed by atoms with van der Waals surface area (Å²) in [4.78, 5) is 46.1. The van der Waals surface area contributed by atoms with E-state index in [9.17, 15) is 42.2 Å². The molecule has 2 amide bonds. The van der Waals surface area contributed by atoms with Gasteiger partial charge in [0.1, 0.15) is 41.5 Å². The minimum absolute atomic E-state index is 0.0749. The zero-order valence-corrected chi connectivity index (χ0v) is 19.9. The zero-order chi connectivity index (χ0) is 27.5. The minimum atomic E-state index is -1.57. The van der Waals surface area contributed by atoms with Gasteiger partial charge in [-0.25, -0.2) is 17.6 Å². The molecule has 2 aromatic rings. The number of carbonyl (C=O) groups excluding carboxylic acids is 2. The van der Waals surface area contributed by atoms with Crippen LogP contribution in [0.25, 0.3) is 0 Å². The van der Waals surface area contributed by atoms with Gasteiger partial charge in [-0.2, -0.15) is 0 Å². The lowest BCUT2D eigenvalue weighted by molar-refractivity contribution is -0.114. The minimum Gasteiger partial charge on any atom is -0.503 e. The van der Waals surface area contributed by atoms with Gasteiger partial charge < -0.3 is 29.8 Å². The SMILES string of the molecule is C[C@H]1CC[C@@]2(ON=C(CF)[C@@H]2O)[C@H]2CN1C(=O)c1c(O)c(=O)c(C(=O)NCc3c(F)cc(F)cc3F)cn12. The van der Waals surface area contributed by atoms with Crippen molar-refractivity contribution in [1.29, 1.82) is 0 Å². The van der Waals surface area contributed by atoms with E-state index in [1.54, 1.807) is 6.92 Å². The number of aliphatic hydroxyl groups excluding tert-OH is 1. The molecule has 0 unspecified atom stereocenters. The van der Waals surface area contributed by atoms with Crippen LogP contribution in [0.15, 0.2) is 28.3 Å². The van der Waals surface area contributed by atoms with Crippen LogP contribution in [0.5, 0.6) is 5.75 Å². The first-order chi connectivity index (χ1) is 18.0. The molecule has 4 atom stereocenters. The topological polar surface area (TPSA) is 133 Å². The number of alkyl halides is 1. The van der Waals surface area contributed by atoms with E-state index in [2.05, 4.69) is 10.5 Å². The van der Waals surface area contributed by atoms with Crippen LogP contribution in [-0.4, -0.2) is 68.2 Å². The van der Waals surface area contributed by atoms with Crippen LogP contribution >= 0.6 is 0 Å². The van der Waals surface area contributed by atoms with Crippen molar-refractivity contribution in [2.75, 3.05) is 13.2 Å². The number of hydrogen-bond acceptors (Lipinski definition) is 7. The summed E-state index contributed by atoms with van der Waals surface area (Å²) in [6, 6.07) is -0.557. The summed E-state index contributed by atoms with van der Waals surface area (Å²) in [5.74, 6) is -6.59. The van der Waals surface area contributed by atoms with Gasteiger partial charge in [0, 0.05) is 43.0 Å². The summed E-state index contributed by atoms with van der Waals surface area (Å²) in [7, 11) is 0. The first-order valence-corrected chi connectivity index (χ1v) is 11.7. The van der Waals surface area contributed by atoms with Gasteiger partial charge in [-0.05, 0) is 19.8 Å². The number of oxime groups is 1. The van der Waals surface area contributed by atoms with Crippen molar-refractivity contribution in [1.82, 2.24) is 14.8 Å². The van der Waals surface area contributed by atoms with Crippen molar-refractivity contribution in [3.05, 3.63) is 62.8 Å². The number of carbonyl (C=O) groups is 2. The predicted octanol–water partition coefficient (Wildman–Crippen LogP) is 1.54. The summed E-state index contributed by atoms with van der Waals surface area (Å²) in [5, 5.41) is 27.5. The average Bonchev–Trinajstić information content (AvgIpc) is 3.12. The fourth-order valence-electron chi connectivity index (χ4n) is 5.31. The lowest BCUT2D eigenvalue weighted by atomic mass is 9.82. The normalized spacial score (nSPS) is 26.1. The summed E-state index contributed by atoms with van der Waals surface area (Å²) >= 11 is 0. The number of nitrogens with zero attached hydrogens (tertiary/aromatic N) is 3. The van der Waals surface area contributed by atoms with Gasteiger partial charge in [0.25, 0.3) is 11.8 Å². The number of aromatic nitrogens is 1. The van der Waals surface area contributed by atoms with Gasteiger partial charge in [0.15, 0.2) is 17.0 Å². The number of halogens is 4. The number of hydrogen-bond donors (Lipinski definition) is 3. The van der Waals surface area contributed by atoms with Gasteiger partial charge in [-0.3, -0.25) is 14.4 Å².